The molecule has 0 saturated carbocycles. The van der Waals surface area contributed by atoms with Crippen LogP contribution >= 0.6 is 11.8 Å². The molecule has 10 heteroatoms. The smallest absolute Gasteiger partial charge is 0.321 e. The number of fused-ring (bicyclic) bond motifs is 1. The molecule has 1 atom stereocenters. The number of rotatable bonds is 5. The van der Waals surface area contributed by atoms with Crippen LogP contribution in [0.3, 0.4) is 0 Å². The molecule has 2 aromatic heterocycles. The number of urea groups is 1. The van der Waals surface area contributed by atoms with Crippen LogP contribution in [0.4, 0.5) is 10.6 Å². The molecule has 156 valence electrons. The number of aryl methyl sites for hydroxylation is 2. The minimum absolute atomic E-state index is 0.235. The summed E-state index contributed by atoms with van der Waals surface area (Å²) in [5, 5.41) is 7.52. The summed E-state index contributed by atoms with van der Waals surface area (Å²) in [7, 11) is 1.42. The number of aromatic nitrogens is 2. The quantitative estimate of drug-likeness (QED) is 0.422. The zero-order chi connectivity index (χ0) is 21.8. The maximum atomic E-state index is 12.7. The lowest BCUT2D eigenvalue weighted by molar-refractivity contribution is -0.119. The second kappa shape index (κ2) is 8.95. The second-order valence-electron chi connectivity index (χ2n) is 6.47. The zero-order valence-corrected chi connectivity index (χ0v) is 17.7. The highest BCUT2D eigenvalue weighted by molar-refractivity contribution is 8.00. The molecule has 0 spiro atoms. The van der Waals surface area contributed by atoms with Crippen molar-refractivity contribution in [3.63, 3.8) is 0 Å². The number of carbonyl (C=O) groups excluding carboxylic acids is 3. The van der Waals surface area contributed by atoms with Crippen molar-refractivity contribution in [3.05, 3.63) is 47.2 Å². The SMILES string of the molecule is CNC(=O)NC(=O)[C@@H](C)Sc1nc(NC(=O)c2ccccc2)c2c(C)c(C)oc2n1. The number of nitrogens with zero attached hydrogens (tertiary/aromatic N) is 2. The topological polar surface area (TPSA) is 126 Å². The molecule has 0 bridgehead atoms. The van der Waals surface area contributed by atoms with Crippen LogP contribution in [0.25, 0.3) is 11.1 Å². The molecule has 0 radical (unpaired) electrons. The van der Waals surface area contributed by atoms with Crippen molar-refractivity contribution in [2.45, 2.75) is 31.2 Å². The van der Waals surface area contributed by atoms with E-state index in [1.807, 2.05) is 13.0 Å². The summed E-state index contributed by atoms with van der Waals surface area (Å²) in [4.78, 5) is 45.0. The van der Waals surface area contributed by atoms with Crippen molar-refractivity contribution in [2.75, 3.05) is 12.4 Å². The van der Waals surface area contributed by atoms with Crippen molar-refractivity contribution < 1.29 is 18.8 Å². The summed E-state index contributed by atoms with van der Waals surface area (Å²) in [6.07, 6.45) is 0. The number of furan rings is 1. The van der Waals surface area contributed by atoms with Crippen LogP contribution in [-0.4, -0.2) is 40.1 Å². The first-order chi connectivity index (χ1) is 14.3. The predicted molar refractivity (Wildman–Crippen MR) is 114 cm³/mol. The lowest BCUT2D eigenvalue weighted by Crippen LogP contribution is -2.41. The number of carbonyl (C=O) groups is 3. The number of benzene rings is 1. The highest BCUT2D eigenvalue weighted by atomic mass is 32.2. The minimum Gasteiger partial charge on any atom is -0.443 e. The molecule has 30 heavy (non-hydrogen) atoms. The Hall–Kier alpha value is -3.40. The predicted octanol–water partition coefficient (Wildman–Crippen LogP) is 3.03. The highest BCUT2D eigenvalue weighted by Crippen LogP contribution is 2.32. The minimum atomic E-state index is -0.658. The molecule has 2 heterocycles. The van der Waals surface area contributed by atoms with E-state index in [9.17, 15) is 14.4 Å². The molecule has 3 N–H and O–H groups in total. The third-order valence-corrected chi connectivity index (χ3v) is 5.35. The molecule has 0 unspecified atom stereocenters. The summed E-state index contributed by atoms with van der Waals surface area (Å²) in [5.41, 5.74) is 1.61. The Bertz CT molecular complexity index is 1110. The standard InChI is InChI=1S/C20H21N5O4S/c1-10-11(2)29-18-14(10)15(22-17(27)13-8-6-5-7-9-13)23-20(25-18)30-12(3)16(26)24-19(28)21-4/h5-9,12H,1-4H3,(H2,21,24,26,28)(H,22,23,25,27)/t12-/m1/s1. The van der Waals surface area contributed by atoms with Crippen molar-refractivity contribution in [1.82, 2.24) is 20.6 Å². The zero-order valence-electron chi connectivity index (χ0n) is 16.9. The fourth-order valence-corrected chi connectivity index (χ4v) is 3.39. The molecule has 3 aromatic rings. The molecule has 3 rings (SSSR count). The average Bonchev–Trinajstić information content (AvgIpc) is 3.02. The molecule has 9 nitrogen and oxygen atoms in total. The van der Waals surface area contributed by atoms with Gasteiger partial charge in [0.25, 0.3) is 5.91 Å². The van der Waals surface area contributed by atoms with Crippen LogP contribution in [0.1, 0.15) is 28.6 Å². The Labute approximate surface area is 177 Å². The lowest BCUT2D eigenvalue weighted by atomic mass is 10.2. The molecule has 0 aliphatic carbocycles. The normalized spacial score (nSPS) is 11.7. The van der Waals surface area contributed by atoms with E-state index in [1.54, 1.807) is 38.1 Å². The number of hydrogen-bond acceptors (Lipinski definition) is 7. The Morgan fingerprint density at radius 2 is 1.80 bits per heavy atom. The van der Waals surface area contributed by atoms with Gasteiger partial charge in [0.05, 0.1) is 10.6 Å². The van der Waals surface area contributed by atoms with E-state index in [0.29, 0.717) is 28.2 Å². The number of thioether (sulfide) groups is 1. The van der Waals surface area contributed by atoms with Gasteiger partial charge < -0.3 is 15.1 Å². The summed E-state index contributed by atoms with van der Waals surface area (Å²) in [6.45, 7) is 5.28. The van der Waals surface area contributed by atoms with Gasteiger partial charge in [-0.05, 0) is 32.9 Å². The summed E-state index contributed by atoms with van der Waals surface area (Å²) >= 11 is 1.05. The van der Waals surface area contributed by atoms with Crippen LogP contribution in [0, 0.1) is 13.8 Å². The second-order valence-corrected chi connectivity index (χ2v) is 7.77. The number of nitrogens with one attached hydrogen (secondary N) is 3. The lowest BCUT2D eigenvalue weighted by Gasteiger charge is -2.11. The third-order valence-electron chi connectivity index (χ3n) is 4.39. The van der Waals surface area contributed by atoms with Gasteiger partial charge in [-0.2, -0.15) is 4.98 Å². The van der Waals surface area contributed by atoms with Gasteiger partial charge in [-0.25, -0.2) is 9.78 Å². The van der Waals surface area contributed by atoms with Crippen molar-refractivity contribution in [3.8, 4) is 0 Å². The summed E-state index contributed by atoms with van der Waals surface area (Å²) in [5.74, 6) is 0.131. The third kappa shape index (κ3) is 4.60. The van der Waals surface area contributed by atoms with Gasteiger partial charge in [0, 0.05) is 18.2 Å². The first-order valence-electron chi connectivity index (χ1n) is 9.13. The van der Waals surface area contributed by atoms with E-state index in [-0.39, 0.29) is 11.1 Å². The van der Waals surface area contributed by atoms with Gasteiger partial charge in [-0.1, -0.05) is 30.0 Å². The Balaban J connectivity index is 1.92. The molecule has 1 aromatic carbocycles. The Kier molecular flexibility index (Phi) is 6.36. The van der Waals surface area contributed by atoms with E-state index < -0.39 is 17.2 Å². The Morgan fingerprint density at radius 1 is 1.10 bits per heavy atom. The van der Waals surface area contributed by atoms with Gasteiger partial charge in [-0.15, -0.1) is 0 Å². The van der Waals surface area contributed by atoms with Crippen LogP contribution in [0.5, 0.6) is 0 Å². The fourth-order valence-electron chi connectivity index (χ4n) is 2.63. The van der Waals surface area contributed by atoms with Gasteiger partial charge in [-0.3, -0.25) is 14.9 Å². The van der Waals surface area contributed by atoms with Gasteiger partial charge in [0.2, 0.25) is 11.6 Å². The molecule has 4 amide bonds. The average molecular weight is 427 g/mol. The van der Waals surface area contributed by atoms with Crippen LogP contribution in [0.15, 0.2) is 39.9 Å². The van der Waals surface area contributed by atoms with E-state index in [0.717, 1.165) is 17.3 Å². The Morgan fingerprint density at radius 3 is 2.47 bits per heavy atom. The van der Waals surface area contributed by atoms with Crippen LogP contribution in [-0.2, 0) is 4.79 Å². The maximum absolute atomic E-state index is 12.7. The number of amides is 4. The summed E-state index contributed by atoms with van der Waals surface area (Å²) in [6, 6.07) is 8.15. The molecular weight excluding hydrogens is 406 g/mol. The van der Waals surface area contributed by atoms with Gasteiger partial charge in [0.15, 0.2) is 5.16 Å². The number of anilines is 1. The number of hydrogen-bond donors (Lipinski definition) is 3. The maximum Gasteiger partial charge on any atom is 0.321 e. The molecule has 0 fully saturated rings. The van der Waals surface area contributed by atoms with E-state index in [1.165, 1.54) is 7.05 Å². The van der Waals surface area contributed by atoms with Gasteiger partial charge >= 0.3 is 6.03 Å². The largest absolute Gasteiger partial charge is 0.443 e. The van der Waals surface area contributed by atoms with E-state index >= 15 is 0 Å². The van der Waals surface area contributed by atoms with Crippen LogP contribution < -0.4 is 16.0 Å². The van der Waals surface area contributed by atoms with Gasteiger partial charge in [0.1, 0.15) is 11.6 Å². The first kappa shape index (κ1) is 21.3. The number of imide groups is 1. The molecule has 0 aliphatic heterocycles. The van der Waals surface area contributed by atoms with E-state index in [4.69, 9.17) is 4.42 Å². The summed E-state index contributed by atoms with van der Waals surface area (Å²) < 4.78 is 5.71. The highest BCUT2D eigenvalue weighted by Gasteiger charge is 2.22. The fraction of sp³-hybridized carbons (Fsp3) is 0.250. The van der Waals surface area contributed by atoms with Crippen LogP contribution in [0.2, 0.25) is 0 Å². The van der Waals surface area contributed by atoms with E-state index in [2.05, 4.69) is 25.9 Å². The van der Waals surface area contributed by atoms with Crippen molar-refractivity contribution in [1.29, 1.82) is 0 Å². The molecule has 0 saturated heterocycles. The van der Waals surface area contributed by atoms with Crippen molar-refractivity contribution >= 4 is 46.5 Å². The molecular formula is C20H21N5O4S. The molecule has 0 aliphatic rings. The first-order valence-corrected chi connectivity index (χ1v) is 10.0. The van der Waals surface area contributed by atoms with Crippen molar-refractivity contribution in [2.24, 2.45) is 0 Å². The monoisotopic (exact) mass is 427 g/mol.